The first-order chi connectivity index (χ1) is 8.77. The van der Waals surface area contributed by atoms with Gasteiger partial charge in [-0.1, -0.05) is 31.1 Å². The summed E-state index contributed by atoms with van der Waals surface area (Å²) in [5.41, 5.74) is 0. The molecule has 18 heavy (non-hydrogen) atoms. The topological polar surface area (TPSA) is 26.3 Å². The highest BCUT2D eigenvalue weighted by molar-refractivity contribution is 5.65. The standard InChI is InChI=1S/C16H28O2/c1-3-4-5-6-7-8-9-10-11-12-13-14-15-18-16(2)17/h3,10-11H,1,4-9,12-15H2,2H3/b11-10+. The Morgan fingerprint density at radius 3 is 2.06 bits per heavy atom. The third-order valence-electron chi connectivity index (χ3n) is 2.77. The molecular weight excluding hydrogens is 224 g/mol. The lowest BCUT2D eigenvalue weighted by Gasteiger charge is -1.99. The minimum Gasteiger partial charge on any atom is -0.466 e. The molecule has 0 saturated carbocycles. The lowest BCUT2D eigenvalue weighted by atomic mass is 10.1. The monoisotopic (exact) mass is 252 g/mol. The molecule has 104 valence electrons. The number of carbonyl (C=O) groups excluding carboxylic acids is 1. The van der Waals surface area contributed by atoms with Crippen LogP contribution in [0.3, 0.4) is 0 Å². The Bertz CT molecular complexity index is 231. The van der Waals surface area contributed by atoms with Crippen molar-refractivity contribution < 1.29 is 9.53 Å². The molecule has 2 nitrogen and oxygen atoms in total. The molecule has 0 aromatic rings. The summed E-state index contributed by atoms with van der Waals surface area (Å²) in [5.74, 6) is -0.179. The van der Waals surface area contributed by atoms with Crippen molar-refractivity contribution in [3.63, 3.8) is 0 Å². The molecule has 0 heterocycles. The summed E-state index contributed by atoms with van der Waals surface area (Å²) in [7, 11) is 0. The van der Waals surface area contributed by atoms with E-state index >= 15 is 0 Å². The van der Waals surface area contributed by atoms with Gasteiger partial charge < -0.3 is 4.74 Å². The second kappa shape index (κ2) is 14.0. The van der Waals surface area contributed by atoms with E-state index in [-0.39, 0.29) is 5.97 Å². The fourth-order valence-corrected chi connectivity index (χ4v) is 1.72. The largest absolute Gasteiger partial charge is 0.466 e. The van der Waals surface area contributed by atoms with E-state index in [0.29, 0.717) is 6.61 Å². The number of esters is 1. The van der Waals surface area contributed by atoms with Crippen LogP contribution < -0.4 is 0 Å². The average molecular weight is 252 g/mol. The number of hydrogen-bond donors (Lipinski definition) is 0. The summed E-state index contributed by atoms with van der Waals surface area (Å²) >= 11 is 0. The van der Waals surface area contributed by atoms with Crippen molar-refractivity contribution in [3.05, 3.63) is 24.8 Å². The Kier molecular flexibility index (Phi) is 13.2. The highest BCUT2D eigenvalue weighted by atomic mass is 16.5. The second-order valence-corrected chi connectivity index (χ2v) is 4.59. The minimum atomic E-state index is -0.179. The quantitative estimate of drug-likeness (QED) is 0.283. The van der Waals surface area contributed by atoms with E-state index in [4.69, 9.17) is 4.74 Å². The molecule has 0 saturated heterocycles. The summed E-state index contributed by atoms with van der Waals surface area (Å²) in [6, 6.07) is 0. The SMILES string of the molecule is C=CCCCCCC/C=C/CCCCOC(C)=O. The van der Waals surface area contributed by atoms with Gasteiger partial charge in [0.25, 0.3) is 0 Å². The van der Waals surface area contributed by atoms with Crippen LogP contribution in [0.5, 0.6) is 0 Å². The van der Waals surface area contributed by atoms with Gasteiger partial charge in [0.15, 0.2) is 0 Å². The van der Waals surface area contributed by atoms with Crippen LogP contribution in [0.2, 0.25) is 0 Å². The second-order valence-electron chi connectivity index (χ2n) is 4.59. The maximum atomic E-state index is 10.5. The Morgan fingerprint density at radius 2 is 1.50 bits per heavy atom. The van der Waals surface area contributed by atoms with Crippen LogP contribution >= 0.6 is 0 Å². The predicted molar refractivity (Wildman–Crippen MR) is 77.5 cm³/mol. The van der Waals surface area contributed by atoms with Gasteiger partial charge in [-0.2, -0.15) is 0 Å². The first-order valence-electron chi connectivity index (χ1n) is 7.16. The van der Waals surface area contributed by atoms with Gasteiger partial charge in [0.2, 0.25) is 0 Å². The summed E-state index contributed by atoms with van der Waals surface area (Å²) in [5, 5.41) is 0. The van der Waals surface area contributed by atoms with Crippen LogP contribution in [0.25, 0.3) is 0 Å². The van der Waals surface area contributed by atoms with Crippen molar-refractivity contribution in [2.24, 2.45) is 0 Å². The number of hydrogen-bond acceptors (Lipinski definition) is 2. The molecule has 0 aromatic heterocycles. The van der Waals surface area contributed by atoms with Gasteiger partial charge in [-0.3, -0.25) is 4.79 Å². The molecule has 0 N–H and O–H groups in total. The average Bonchev–Trinajstić information content (AvgIpc) is 2.34. The van der Waals surface area contributed by atoms with Gasteiger partial charge in [0.1, 0.15) is 0 Å². The fraction of sp³-hybridized carbons (Fsp3) is 0.688. The van der Waals surface area contributed by atoms with E-state index in [1.165, 1.54) is 39.0 Å². The highest BCUT2D eigenvalue weighted by Crippen LogP contribution is 2.06. The molecule has 0 aromatic carbocycles. The van der Waals surface area contributed by atoms with Crippen molar-refractivity contribution >= 4 is 5.97 Å². The third kappa shape index (κ3) is 14.9. The molecule has 0 aliphatic carbocycles. The predicted octanol–water partition coefficient (Wildman–Crippen LogP) is 4.80. The number of unbranched alkanes of at least 4 members (excludes halogenated alkanes) is 7. The van der Waals surface area contributed by atoms with Crippen molar-refractivity contribution in [1.82, 2.24) is 0 Å². The fourth-order valence-electron chi connectivity index (χ4n) is 1.72. The van der Waals surface area contributed by atoms with Crippen LogP contribution in [0.15, 0.2) is 24.8 Å². The molecule has 0 aliphatic heterocycles. The van der Waals surface area contributed by atoms with Crippen molar-refractivity contribution in [3.8, 4) is 0 Å². The maximum absolute atomic E-state index is 10.5. The number of rotatable bonds is 12. The first-order valence-corrected chi connectivity index (χ1v) is 7.16. The summed E-state index contributed by atoms with van der Waals surface area (Å²) in [4.78, 5) is 10.5. The van der Waals surface area contributed by atoms with Crippen molar-refractivity contribution in [2.45, 2.75) is 64.7 Å². The number of carbonyl (C=O) groups is 1. The maximum Gasteiger partial charge on any atom is 0.302 e. The van der Waals surface area contributed by atoms with Gasteiger partial charge in [-0.25, -0.2) is 0 Å². The van der Waals surface area contributed by atoms with Gasteiger partial charge in [-0.15, -0.1) is 6.58 Å². The highest BCUT2D eigenvalue weighted by Gasteiger charge is 1.91. The smallest absolute Gasteiger partial charge is 0.302 e. The molecule has 2 heteroatoms. The third-order valence-corrected chi connectivity index (χ3v) is 2.77. The van der Waals surface area contributed by atoms with E-state index < -0.39 is 0 Å². The van der Waals surface area contributed by atoms with E-state index in [0.717, 1.165) is 25.7 Å². The molecule has 0 unspecified atom stereocenters. The Hall–Kier alpha value is -1.05. The molecule has 0 amide bonds. The van der Waals surface area contributed by atoms with Crippen LogP contribution in [0, 0.1) is 0 Å². The van der Waals surface area contributed by atoms with E-state index in [1.54, 1.807) is 0 Å². The zero-order valence-corrected chi connectivity index (χ0v) is 11.8. The molecule has 0 atom stereocenters. The van der Waals surface area contributed by atoms with Gasteiger partial charge in [-0.05, 0) is 44.9 Å². The van der Waals surface area contributed by atoms with Crippen molar-refractivity contribution in [2.75, 3.05) is 6.61 Å². The summed E-state index contributed by atoms with van der Waals surface area (Å²) in [6.07, 6.45) is 17.2. The molecule has 0 rings (SSSR count). The summed E-state index contributed by atoms with van der Waals surface area (Å²) < 4.78 is 4.86. The molecule has 0 bridgehead atoms. The molecular formula is C16H28O2. The van der Waals surface area contributed by atoms with Crippen LogP contribution in [0.1, 0.15) is 64.7 Å². The van der Waals surface area contributed by atoms with E-state index in [9.17, 15) is 4.79 Å². The molecule has 0 spiro atoms. The Balaban J connectivity index is 3.09. The molecule has 0 fully saturated rings. The molecule has 0 radical (unpaired) electrons. The van der Waals surface area contributed by atoms with E-state index in [2.05, 4.69) is 18.7 Å². The lowest BCUT2D eigenvalue weighted by molar-refractivity contribution is -0.141. The Morgan fingerprint density at radius 1 is 0.944 bits per heavy atom. The van der Waals surface area contributed by atoms with Crippen molar-refractivity contribution in [1.29, 1.82) is 0 Å². The minimum absolute atomic E-state index is 0.179. The van der Waals surface area contributed by atoms with Gasteiger partial charge >= 0.3 is 5.97 Å². The van der Waals surface area contributed by atoms with Crippen LogP contribution in [-0.4, -0.2) is 12.6 Å². The summed E-state index contributed by atoms with van der Waals surface area (Å²) in [6.45, 7) is 5.74. The molecule has 0 aliphatic rings. The van der Waals surface area contributed by atoms with E-state index in [1.807, 2.05) is 6.08 Å². The first kappa shape index (κ1) is 16.9. The number of allylic oxidation sites excluding steroid dienone is 3. The van der Waals surface area contributed by atoms with Crippen LogP contribution in [-0.2, 0) is 9.53 Å². The Labute approximate surface area is 112 Å². The van der Waals surface area contributed by atoms with Gasteiger partial charge in [0, 0.05) is 6.92 Å². The van der Waals surface area contributed by atoms with Crippen LogP contribution in [0.4, 0.5) is 0 Å². The zero-order chi connectivity index (χ0) is 13.5. The lowest BCUT2D eigenvalue weighted by Crippen LogP contribution is -1.99. The van der Waals surface area contributed by atoms with Gasteiger partial charge in [0.05, 0.1) is 6.61 Å². The normalized spacial score (nSPS) is 10.7. The zero-order valence-electron chi connectivity index (χ0n) is 11.8. The number of ether oxygens (including phenoxy) is 1.